The first kappa shape index (κ1) is 17.2. The largest absolute Gasteiger partial charge is 0.373 e. The Bertz CT molecular complexity index is 401. The van der Waals surface area contributed by atoms with Gasteiger partial charge < -0.3 is 9.47 Å². The molecule has 1 aromatic rings. The lowest BCUT2D eigenvalue weighted by Gasteiger charge is -2.30. The Kier molecular flexibility index (Phi) is 6.51. The van der Waals surface area contributed by atoms with Crippen LogP contribution in [0.1, 0.15) is 33.3 Å². The molecule has 4 heteroatoms. The quantitative estimate of drug-likeness (QED) is 0.505. The van der Waals surface area contributed by atoms with Crippen molar-refractivity contribution >= 4 is 31.9 Å². The van der Waals surface area contributed by atoms with Gasteiger partial charge in [-0.25, -0.2) is 0 Å². The number of hydrogen-bond acceptors (Lipinski definition) is 2. The fraction of sp³-hybridized carbons (Fsp3) is 0.600. The Hall–Kier alpha value is 0.1000. The molecule has 1 atom stereocenters. The summed E-state index contributed by atoms with van der Waals surface area (Å²) in [5.41, 5.74) is 0.658. The van der Waals surface area contributed by atoms with Crippen LogP contribution in [0.5, 0.6) is 0 Å². The zero-order valence-corrected chi connectivity index (χ0v) is 15.2. The molecule has 0 aromatic heterocycles. The highest BCUT2D eigenvalue weighted by Crippen LogP contribution is 2.33. The summed E-state index contributed by atoms with van der Waals surface area (Å²) in [6.07, 6.45) is 0. The Morgan fingerprint density at radius 3 is 2.11 bits per heavy atom. The van der Waals surface area contributed by atoms with Gasteiger partial charge in [-0.1, -0.05) is 50.1 Å². The molecule has 2 nitrogen and oxygen atoms in total. The lowest BCUT2D eigenvalue weighted by atomic mass is 9.98. The first-order valence-corrected chi connectivity index (χ1v) is 8.29. The molecule has 0 bridgehead atoms. The predicted octanol–water partition coefficient (Wildman–Crippen LogP) is 4.89. The normalized spacial score (nSPS) is 15.3. The maximum Gasteiger partial charge on any atom is 0.101 e. The van der Waals surface area contributed by atoms with Crippen molar-refractivity contribution in [1.82, 2.24) is 0 Å². The summed E-state index contributed by atoms with van der Waals surface area (Å²) in [6, 6.07) is 8.14. The molecule has 0 saturated heterocycles. The molecule has 0 N–H and O–H groups in total. The van der Waals surface area contributed by atoms with Crippen molar-refractivity contribution in [2.45, 2.75) is 38.9 Å². The van der Waals surface area contributed by atoms with Gasteiger partial charge in [0.25, 0.3) is 0 Å². The number of alkyl halides is 1. The molecule has 0 fully saturated rings. The van der Waals surface area contributed by atoms with Crippen molar-refractivity contribution in [3.05, 3.63) is 34.3 Å². The van der Waals surface area contributed by atoms with E-state index in [0.717, 1.165) is 15.4 Å². The number of ether oxygens (including phenoxy) is 2. The van der Waals surface area contributed by atoms with Crippen molar-refractivity contribution in [1.29, 1.82) is 0 Å². The molecule has 0 amide bonds. The zero-order chi connectivity index (χ0) is 14.5. The highest BCUT2D eigenvalue weighted by Gasteiger charge is 2.28. The second-order valence-corrected chi connectivity index (χ2v) is 7.07. The van der Waals surface area contributed by atoms with E-state index >= 15 is 0 Å². The SMILES string of the molecule is CC(C)(C)OCCOC(C)(CBr)c1ccccc1Br. The number of rotatable bonds is 6. The average Bonchev–Trinajstić information content (AvgIpc) is 2.34. The van der Waals surface area contributed by atoms with E-state index in [1.165, 1.54) is 0 Å². The van der Waals surface area contributed by atoms with Crippen molar-refractivity contribution < 1.29 is 9.47 Å². The Labute approximate surface area is 133 Å². The number of benzene rings is 1. The van der Waals surface area contributed by atoms with Crippen LogP contribution in [-0.2, 0) is 15.1 Å². The Morgan fingerprint density at radius 2 is 1.58 bits per heavy atom. The first-order valence-electron chi connectivity index (χ1n) is 6.37. The van der Waals surface area contributed by atoms with Crippen LogP contribution in [0, 0.1) is 0 Å². The van der Waals surface area contributed by atoms with Gasteiger partial charge >= 0.3 is 0 Å². The summed E-state index contributed by atoms with van der Waals surface area (Å²) in [7, 11) is 0. The van der Waals surface area contributed by atoms with E-state index in [-0.39, 0.29) is 11.2 Å². The maximum absolute atomic E-state index is 6.04. The van der Waals surface area contributed by atoms with Crippen LogP contribution >= 0.6 is 31.9 Å². The fourth-order valence-electron chi connectivity index (χ4n) is 1.69. The van der Waals surface area contributed by atoms with E-state index in [1.807, 2.05) is 39.0 Å². The second kappa shape index (κ2) is 7.21. The van der Waals surface area contributed by atoms with Gasteiger partial charge in [0, 0.05) is 9.80 Å². The highest BCUT2D eigenvalue weighted by atomic mass is 79.9. The third-order valence-corrected chi connectivity index (χ3v) is 4.50. The van der Waals surface area contributed by atoms with Crippen molar-refractivity contribution in [2.75, 3.05) is 18.5 Å². The molecule has 0 heterocycles. The van der Waals surface area contributed by atoms with E-state index in [2.05, 4.69) is 44.8 Å². The van der Waals surface area contributed by atoms with Gasteiger partial charge in [0.1, 0.15) is 5.60 Å². The van der Waals surface area contributed by atoms with Gasteiger partial charge in [0.15, 0.2) is 0 Å². The van der Waals surface area contributed by atoms with Gasteiger partial charge in [-0.2, -0.15) is 0 Å². The molecule has 108 valence electrons. The van der Waals surface area contributed by atoms with Crippen molar-refractivity contribution in [2.24, 2.45) is 0 Å². The predicted molar refractivity (Wildman–Crippen MR) is 86.9 cm³/mol. The van der Waals surface area contributed by atoms with Crippen LogP contribution in [-0.4, -0.2) is 24.1 Å². The topological polar surface area (TPSA) is 18.5 Å². The number of hydrogen-bond donors (Lipinski definition) is 0. The van der Waals surface area contributed by atoms with Crippen LogP contribution < -0.4 is 0 Å². The van der Waals surface area contributed by atoms with E-state index in [0.29, 0.717) is 13.2 Å². The standard InChI is InChI=1S/C15H22Br2O2/c1-14(2,3)18-9-10-19-15(4,11-16)12-7-5-6-8-13(12)17/h5-8H,9-11H2,1-4H3. The van der Waals surface area contributed by atoms with Crippen LogP contribution in [0.25, 0.3) is 0 Å². The average molecular weight is 394 g/mol. The third-order valence-electron chi connectivity index (χ3n) is 2.74. The van der Waals surface area contributed by atoms with Gasteiger partial charge in [-0.3, -0.25) is 0 Å². The smallest absolute Gasteiger partial charge is 0.101 e. The summed E-state index contributed by atoms with van der Waals surface area (Å²) in [5, 5.41) is 0.734. The summed E-state index contributed by atoms with van der Waals surface area (Å²) >= 11 is 7.13. The minimum absolute atomic E-state index is 0.124. The Morgan fingerprint density at radius 1 is 1.00 bits per heavy atom. The molecule has 0 radical (unpaired) electrons. The maximum atomic E-state index is 6.04. The molecule has 1 rings (SSSR count). The summed E-state index contributed by atoms with van der Waals surface area (Å²) in [5.74, 6) is 0. The monoisotopic (exact) mass is 392 g/mol. The summed E-state index contributed by atoms with van der Waals surface area (Å²) < 4.78 is 12.8. The summed E-state index contributed by atoms with van der Waals surface area (Å²) in [4.78, 5) is 0. The Balaban J connectivity index is 2.64. The van der Waals surface area contributed by atoms with Gasteiger partial charge in [0.05, 0.1) is 18.8 Å². The zero-order valence-electron chi connectivity index (χ0n) is 12.0. The molecule has 0 aliphatic rings. The first-order chi connectivity index (χ1) is 8.78. The van der Waals surface area contributed by atoms with Crippen LogP contribution in [0.3, 0.4) is 0 Å². The molecule has 19 heavy (non-hydrogen) atoms. The van der Waals surface area contributed by atoms with E-state index in [1.54, 1.807) is 0 Å². The van der Waals surface area contributed by atoms with Crippen molar-refractivity contribution in [3.63, 3.8) is 0 Å². The molecule has 0 aliphatic carbocycles. The highest BCUT2D eigenvalue weighted by molar-refractivity contribution is 9.10. The minimum atomic E-state index is -0.360. The number of halogens is 2. The molecule has 1 unspecified atom stereocenters. The lowest BCUT2D eigenvalue weighted by molar-refractivity contribution is -0.0790. The lowest BCUT2D eigenvalue weighted by Crippen LogP contribution is -2.31. The van der Waals surface area contributed by atoms with Gasteiger partial charge in [-0.15, -0.1) is 0 Å². The molecule has 0 spiro atoms. The van der Waals surface area contributed by atoms with Crippen LogP contribution in [0.2, 0.25) is 0 Å². The molecular formula is C15H22Br2O2. The summed E-state index contributed by atoms with van der Waals surface area (Å²) in [6.45, 7) is 9.38. The van der Waals surface area contributed by atoms with E-state index in [9.17, 15) is 0 Å². The van der Waals surface area contributed by atoms with Crippen molar-refractivity contribution in [3.8, 4) is 0 Å². The van der Waals surface area contributed by atoms with E-state index in [4.69, 9.17) is 9.47 Å². The molecule has 0 aliphatic heterocycles. The minimum Gasteiger partial charge on any atom is -0.373 e. The van der Waals surface area contributed by atoms with Crippen LogP contribution in [0.4, 0.5) is 0 Å². The van der Waals surface area contributed by atoms with Gasteiger partial charge in [0.2, 0.25) is 0 Å². The van der Waals surface area contributed by atoms with Crippen LogP contribution in [0.15, 0.2) is 28.7 Å². The van der Waals surface area contributed by atoms with Gasteiger partial charge in [-0.05, 0) is 39.3 Å². The molecule has 0 saturated carbocycles. The second-order valence-electron chi connectivity index (χ2n) is 5.65. The third kappa shape index (κ3) is 5.54. The van der Waals surface area contributed by atoms with E-state index < -0.39 is 0 Å². The molecular weight excluding hydrogens is 372 g/mol. The molecule has 1 aromatic carbocycles. The fourth-order valence-corrected chi connectivity index (χ4v) is 2.86.